The predicted molar refractivity (Wildman–Crippen MR) is 90.2 cm³/mol. The largest absolute Gasteiger partial charge is 0.507 e. The monoisotopic (exact) mass is 325 g/mol. The molecule has 2 aromatic rings. The summed E-state index contributed by atoms with van der Waals surface area (Å²) in [4.78, 5) is 26.7. The molecule has 2 aromatic carbocycles. The van der Waals surface area contributed by atoms with Gasteiger partial charge in [0.05, 0.1) is 18.6 Å². The number of phenolic OH excluding ortho intramolecular Hbond substituents is 1. The van der Waals surface area contributed by atoms with Crippen LogP contribution < -0.4 is 4.90 Å². The summed E-state index contributed by atoms with van der Waals surface area (Å²) in [6, 6.07) is 13.6. The topological polar surface area (TPSA) is 66.8 Å². The summed E-state index contributed by atoms with van der Waals surface area (Å²) in [5.41, 5.74) is 1.70. The van der Waals surface area contributed by atoms with Crippen LogP contribution in [0.15, 0.2) is 48.5 Å². The van der Waals surface area contributed by atoms with Gasteiger partial charge in [0.1, 0.15) is 5.75 Å². The van der Waals surface area contributed by atoms with E-state index in [2.05, 4.69) is 0 Å². The zero-order valence-corrected chi connectivity index (χ0v) is 13.6. The highest BCUT2D eigenvalue weighted by atomic mass is 16.5. The van der Waals surface area contributed by atoms with Crippen LogP contribution in [0.3, 0.4) is 0 Å². The van der Waals surface area contributed by atoms with Gasteiger partial charge in [0.2, 0.25) is 0 Å². The van der Waals surface area contributed by atoms with Gasteiger partial charge >= 0.3 is 5.97 Å². The Bertz CT molecular complexity index is 786. The molecular weight excluding hydrogens is 306 g/mol. The molecule has 0 aliphatic carbocycles. The first-order valence-corrected chi connectivity index (χ1v) is 7.83. The van der Waals surface area contributed by atoms with Crippen LogP contribution in [-0.4, -0.2) is 30.1 Å². The highest BCUT2D eigenvalue weighted by Gasteiger charge is 2.38. The molecule has 1 aliphatic rings. The first-order chi connectivity index (χ1) is 11.5. The Hall–Kier alpha value is -2.82. The number of ether oxygens (including phenoxy) is 1. The van der Waals surface area contributed by atoms with Crippen LogP contribution in [0, 0.1) is 0 Å². The average Bonchev–Trinajstić information content (AvgIpc) is 2.60. The summed E-state index contributed by atoms with van der Waals surface area (Å²) in [6.45, 7) is 1.89. The number of carbonyl (C=O) groups is 2. The lowest BCUT2D eigenvalue weighted by atomic mass is 9.85. The molecule has 5 nitrogen and oxygen atoms in total. The van der Waals surface area contributed by atoms with E-state index in [-0.39, 0.29) is 29.2 Å². The van der Waals surface area contributed by atoms with Crippen LogP contribution in [-0.2, 0) is 9.53 Å². The summed E-state index contributed by atoms with van der Waals surface area (Å²) >= 11 is 0. The van der Waals surface area contributed by atoms with Gasteiger partial charge in [-0.1, -0.05) is 30.3 Å². The Morgan fingerprint density at radius 3 is 2.50 bits per heavy atom. The summed E-state index contributed by atoms with van der Waals surface area (Å²) in [7, 11) is 1.37. The van der Waals surface area contributed by atoms with E-state index in [1.165, 1.54) is 13.2 Å². The molecule has 124 valence electrons. The number of hydrogen-bond acceptors (Lipinski definition) is 4. The van der Waals surface area contributed by atoms with E-state index in [9.17, 15) is 14.7 Å². The summed E-state index contributed by atoms with van der Waals surface area (Å²) in [5, 5.41) is 10.0. The van der Waals surface area contributed by atoms with Crippen LogP contribution in [0.4, 0.5) is 5.69 Å². The molecule has 3 rings (SSSR count). The maximum absolute atomic E-state index is 13.0. The Balaban J connectivity index is 2.07. The van der Waals surface area contributed by atoms with Crippen molar-refractivity contribution in [2.45, 2.75) is 25.3 Å². The molecule has 24 heavy (non-hydrogen) atoms. The molecule has 0 saturated heterocycles. The predicted octanol–water partition coefficient (Wildman–Crippen LogP) is 3.09. The number of rotatable bonds is 2. The van der Waals surface area contributed by atoms with Gasteiger partial charge in [0.15, 0.2) is 0 Å². The number of methoxy groups -OCH3 is 1. The van der Waals surface area contributed by atoms with Crippen LogP contribution >= 0.6 is 0 Å². The van der Waals surface area contributed by atoms with E-state index < -0.39 is 5.92 Å². The Kier molecular flexibility index (Phi) is 4.25. The molecule has 2 unspecified atom stereocenters. The van der Waals surface area contributed by atoms with Crippen molar-refractivity contribution in [1.82, 2.24) is 0 Å². The molecule has 0 fully saturated rings. The van der Waals surface area contributed by atoms with E-state index in [4.69, 9.17) is 4.74 Å². The molecule has 0 spiro atoms. The molecule has 0 saturated carbocycles. The summed E-state index contributed by atoms with van der Waals surface area (Å²) < 4.78 is 4.91. The number of amides is 1. The number of nitrogens with zero attached hydrogens (tertiary/aromatic N) is 1. The van der Waals surface area contributed by atoms with Gasteiger partial charge in [-0.15, -0.1) is 0 Å². The standard InChI is InChI=1S/C19H19NO4/c1-12-11-15(19(23)24-2)13-7-3-5-9-16(13)20(12)18(22)14-8-4-6-10-17(14)21/h3-10,12,15,21H,11H2,1-2H3. The van der Waals surface area contributed by atoms with E-state index in [1.807, 2.05) is 31.2 Å². The third-order valence-corrected chi connectivity index (χ3v) is 4.43. The van der Waals surface area contributed by atoms with Crippen LogP contribution in [0.25, 0.3) is 0 Å². The highest BCUT2D eigenvalue weighted by Crippen LogP contribution is 2.40. The maximum atomic E-state index is 13.0. The minimum Gasteiger partial charge on any atom is -0.507 e. The van der Waals surface area contributed by atoms with E-state index in [1.54, 1.807) is 23.1 Å². The van der Waals surface area contributed by atoms with Gasteiger partial charge in [-0.2, -0.15) is 0 Å². The number of para-hydroxylation sites is 2. The van der Waals surface area contributed by atoms with Crippen molar-refractivity contribution in [3.05, 3.63) is 59.7 Å². The second kappa shape index (κ2) is 6.35. The quantitative estimate of drug-likeness (QED) is 0.862. The van der Waals surface area contributed by atoms with Gasteiger partial charge in [-0.25, -0.2) is 0 Å². The summed E-state index contributed by atoms with van der Waals surface area (Å²) in [6.07, 6.45) is 0.475. The Morgan fingerprint density at radius 2 is 1.79 bits per heavy atom. The number of phenols is 1. The average molecular weight is 325 g/mol. The molecule has 1 amide bonds. The molecule has 5 heteroatoms. The molecule has 0 aromatic heterocycles. The van der Waals surface area contributed by atoms with Gasteiger partial charge < -0.3 is 14.7 Å². The number of anilines is 1. The van der Waals surface area contributed by atoms with Crippen LogP contribution in [0.1, 0.15) is 35.2 Å². The van der Waals surface area contributed by atoms with Crippen molar-refractivity contribution in [2.24, 2.45) is 0 Å². The number of aromatic hydroxyl groups is 1. The Morgan fingerprint density at radius 1 is 1.12 bits per heavy atom. The van der Waals surface area contributed by atoms with E-state index in [0.717, 1.165) is 5.56 Å². The van der Waals surface area contributed by atoms with Crippen molar-refractivity contribution >= 4 is 17.6 Å². The van der Waals surface area contributed by atoms with E-state index in [0.29, 0.717) is 12.1 Å². The third kappa shape index (κ3) is 2.62. The minimum atomic E-state index is -0.394. The van der Waals surface area contributed by atoms with Crippen LogP contribution in [0.2, 0.25) is 0 Å². The molecule has 1 heterocycles. The number of fused-ring (bicyclic) bond motifs is 1. The number of esters is 1. The number of benzene rings is 2. The van der Waals surface area contributed by atoms with Crippen molar-refractivity contribution in [2.75, 3.05) is 12.0 Å². The van der Waals surface area contributed by atoms with Gasteiger partial charge in [0, 0.05) is 11.7 Å². The lowest BCUT2D eigenvalue weighted by Crippen LogP contribution is -2.44. The third-order valence-electron chi connectivity index (χ3n) is 4.43. The van der Waals surface area contributed by atoms with E-state index >= 15 is 0 Å². The lowest BCUT2D eigenvalue weighted by Gasteiger charge is -2.38. The molecule has 2 atom stereocenters. The first kappa shape index (κ1) is 16.1. The maximum Gasteiger partial charge on any atom is 0.313 e. The van der Waals surface area contributed by atoms with Crippen molar-refractivity contribution in [3.8, 4) is 5.75 Å². The van der Waals surface area contributed by atoms with Crippen LogP contribution in [0.5, 0.6) is 5.75 Å². The first-order valence-electron chi connectivity index (χ1n) is 7.83. The normalized spacial score (nSPS) is 19.5. The Labute approximate surface area is 140 Å². The van der Waals surface area contributed by atoms with Gasteiger partial charge in [-0.05, 0) is 37.1 Å². The summed E-state index contributed by atoms with van der Waals surface area (Å²) in [5.74, 6) is -1.03. The fourth-order valence-corrected chi connectivity index (χ4v) is 3.27. The molecule has 1 aliphatic heterocycles. The lowest BCUT2D eigenvalue weighted by molar-refractivity contribution is -0.142. The second-order valence-corrected chi connectivity index (χ2v) is 5.91. The second-order valence-electron chi connectivity index (χ2n) is 5.91. The fourth-order valence-electron chi connectivity index (χ4n) is 3.27. The molecule has 0 bridgehead atoms. The SMILES string of the molecule is COC(=O)C1CC(C)N(C(=O)c2ccccc2O)c2ccccc21. The minimum absolute atomic E-state index is 0.0535. The number of carbonyl (C=O) groups excluding carboxylic acids is 2. The smallest absolute Gasteiger partial charge is 0.313 e. The van der Waals surface area contributed by atoms with Crippen molar-refractivity contribution in [1.29, 1.82) is 0 Å². The van der Waals surface area contributed by atoms with Crippen molar-refractivity contribution in [3.63, 3.8) is 0 Å². The van der Waals surface area contributed by atoms with Gasteiger partial charge in [-0.3, -0.25) is 9.59 Å². The van der Waals surface area contributed by atoms with Crippen molar-refractivity contribution < 1.29 is 19.4 Å². The molecular formula is C19H19NO4. The zero-order chi connectivity index (χ0) is 17.3. The number of hydrogen-bond donors (Lipinski definition) is 1. The zero-order valence-electron chi connectivity index (χ0n) is 13.6. The molecule has 0 radical (unpaired) electrons. The fraction of sp³-hybridized carbons (Fsp3) is 0.263. The van der Waals surface area contributed by atoms with Gasteiger partial charge in [0.25, 0.3) is 5.91 Å². The molecule has 1 N–H and O–H groups in total. The highest BCUT2D eigenvalue weighted by molar-refractivity contribution is 6.09.